The molecule has 5 heteroatoms. The number of rotatable bonds is 6. The molecule has 0 saturated heterocycles. The zero-order chi connectivity index (χ0) is 14.5. The van der Waals surface area contributed by atoms with Crippen LogP contribution in [-0.2, 0) is 9.59 Å². The lowest BCUT2D eigenvalue weighted by atomic mass is 10.1. The van der Waals surface area contributed by atoms with Gasteiger partial charge in [-0.25, -0.2) is 0 Å². The molecule has 1 aromatic rings. The summed E-state index contributed by atoms with van der Waals surface area (Å²) in [7, 11) is 0. The SMILES string of the molecule is CC(CN(C(=O)C=Cc1ccccn1)C1CC1)C(=O)O. The second-order valence-corrected chi connectivity index (χ2v) is 5.05. The predicted octanol–water partition coefficient (Wildman–Crippen LogP) is 1.81. The minimum absolute atomic E-state index is 0.147. The van der Waals surface area contributed by atoms with E-state index in [0.717, 1.165) is 12.8 Å². The van der Waals surface area contributed by atoms with E-state index < -0.39 is 11.9 Å². The van der Waals surface area contributed by atoms with Gasteiger partial charge in [-0.2, -0.15) is 0 Å². The number of pyridine rings is 1. The zero-order valence-corrected chi connectivity index (χ0v) is 11.4. The predicted molar refractivity (Wildman–Crippen MR) is 74.8 cm³/mol. The molecule has 0 aromatic carbocycles. The summed E-state index contributed by atoms with van der Waals surface area (Å²) in [6, 6.07) is 5.66. The molecular weight excluding hydrogens is 256 g/mol. The van der Waals surface area contributed by atoms with Crippen LogP contribution in [0.1, 0.15) is 25.5 Å². The second kappa shape index (κ2) is 6.32. The van der Waals surface area contributed by atoms with E-state index in [0.29, 0.717) is 5.69 Å². The maximum atomic E-state index is 12.2. The first-order chi connectivity index (χ1) is 9.58. The number of carbonyl (C=O) groups is 2. The lowest BCUT2D eigenvalue weighted by Crippen LogP contribution is -2.37. The average Bonchev–Trinajstić information content (AvgIpc) is 3.27. The van der Waals surface area contributed by atoms with Crippen molar-refractivity contribution in [1.29, 1.82) is 0 Å². The van der Waals surface area contributed by atoms with Crippen LogP contribution in [0, 0.1) is 5.92 Å². The summed E-state index contributed by atoms with van der Waals surface area (Å²) in [5.41, 5.74) is 0.711. The van der Waals surface area contributed by atoms with E-state index >= 15 is 0 Å². The van der Waals surface area contributed by atoms with Crippen molar-refractivity contribution >= 4 is 18.0 Å². The largest absolute Gasteiger partial charge is 0.481 e. The molecule has 1 aliphatic rings. The van der Waals surface area contributed by atoms with Gasteiger partial charge in [0.1, 0.15) is 0 Å². The molecule has 0 aliphatic heterocycles. The van der Waals surface area contributed by atoms with Gasteiger partial charge in [-0.05, 0) is 31.1 Å². The quantitative estimate of drug-likeness (QED) is 0.803. The fraction of sp³-hybridized carbons (Fsp3) is 0.400. The summed E-state index contributed by atoms with van der Waals surface area (Å²) < 4.78 is 0. The van der Waals surface area contributed by atoms with Gasteiger partial charge in [-0.3, -0.25) is 14.6 Å². The van der Waals surface area contributed by atoms with Crippen molar-refractivity contribution in [3.63, 3.8) is 0 Å². The maximum absolute atomic E-state index is 12.2. The molecule has 1 N–H and O–H groups in total. The molecule has 1 saturated carbocycles. The fourth-order valence-electron chi connectivity index (χ4n) is 1.91. The van der Waals surface area contributed by atoms with Gasteiger partial charge < -0.3 is 10.0 Å². The van der Waals surface area contributed by atoms with Crippen LogP contribution in [0.4, 0.5) is 0 Å². The van der Waals surface area contributed by atoms with Crippen LogP contribution in [0.3, 0.4) is 0 Å². The van der Waals surface area contributed by atoms with Gasteiger partial charge >= 0.3 is 5.97 Å². The molecule has 0 spiro atoms. The second-order valence-electron chi connectivity index (χ2n) is 5.05. The van der Waals surface area contributed by atoms with Crippen molar-refractivity contribution < 1.29 is 14.7 Å². The third-order valence-corrected chi connectivity index (χ3v) is 3.25. The fourth-order valence-corrected chi connectivity index (χ4v) is 1.91. The molecule has 1 aliphatic carbocycles. The maximum Gasteiger partial charge on any atom is 0.308 e. The third kappa shape index (κ3) is 3.91. The summed E-state index contributed by atoms with van der Waals surface area (Å²) >= 11 is 0. The van der Waals surface area contributed by atoms with Crippen LogP contribution in [0.25, 0.3) is 6.08 Å². The highest BCUT2D eigenvalue weighted by Crippen LogP contribution is 2.28. The number of carboxylic acids is 1. The minimum Gasteiger partial charge on any atom is -0.481 e. The molecule has 106 valence electrons. The molecule has 1 aromatic heterocycles. The number of amides is 1. The van der Waals surface area contributed by atoms with Crippen LogP contribution in [0.5, 0.6) is 0 Å². The van der Waals surface area contributed by atoms with Crippen molar-refractivity contribution in [2.75, 3.05) is 6.54 Å². The average molecular weight is 274 g/mol. The summed E-state index contributed by atoms with van der Waals surface area (Å²) in [6.07, 6.45) is 6.69. The Hall–Kier alpha value is -2.17. The van der Waals surface area contributed by atoms with Crippen LogP contribution >= 0.6 is 0 Å². The molecule has 1 fully saturated rings. The molecule has 1 unspecified atom stereocenters. The van der Waals surface area contributed by atoms with E-state index in [1.165, 1.54) is 6.08 Å². The van der Waals surface area contributed by atoms with Crippen molar-refractivity contribution in [1.82, 2.24) is 9.88 Å². The number of aliphatic carboxylic acids is 1. The molecule has 2 rings (SSSR count). The van der Waals surface area contributed by atoms with Crippen molar-refractivity contribution in [2.45, 2.75) is 25.8 Å². The van der Waals surface area contributed by atoms with Crippen LogP contribution < -0.4 is 0 Å². The Morgan fingerprint density at radius 3 is 2.80 bits per heavy atom. The monoisotopic (exact) mass is 274 g/mol. The Labute approximate surface area is 117 Å². The van der Waals surface area contributed by atoms with E-state index in [4.69, 9.17) is 5.11 Å². The lowest BCUT2D eigenvalue weighted by molar-refractivity contribution is -0.142. The van der Waals surface area contributed by atoms with Gasteiger partial charge in [-0.15, -0.1) is 0 Å². The summed E-state index contributed by atoms with van der Waals surface area (Å²) in [5.74, 6) is -1.58. The van der Waals surface area contributed by atoms with E-state index in [2.05, 4.69) is 4.98 Å². The van der Waals surface area contributed by atoms with Crippen molar-refractivity contribution in [3.8, 4) is 0 Å². The Balaban J connectivity index is 2.00. The van der Waals surface area contributed by atoms with Gasteiger partial charge in [0.15, 0.2) is 0 Å². The topological polar surface area (TPSA) is 70.5 Å². The van der Waals surface area contributed by atoms with Crippen LogP contribution in [0.2, 0.25) is 0 Å². The summed E-state index contributed by atoms with van der Waals surface area (Å²) in [5, 5.41) is 8.96. The van der Waals surface area contributed by atoms with Gasteiger partial charge in [-0.1, -0.05) is 13.0 Å². The highest BCUT2D eigenvalue weighted by atomic mass is 16.4. The normalized spacial score (nSPS) is 16.1. The number of aromatic nitrogens is 1. The van der Waals surface area contributed by atoms with Crippen LogP contribution in [-0.4, -0.2) is 39.5 Å². The van der Waals surface area contributed by atoms with Crippen molar-refractivity contribution in [2.24, 2.45) is 5.92 Å². The molecule has 5 nitrogen and oxygen atoms in total. The number of hydrogen-bond acceptors (Lipinski definition) is 3. The molecule has 0 radical (unpaired) electrons. The van der Waals surface area contributed by atoms with E-state index in [1.807, 2.05) is 18.2 Å². The van der Waals surface area contributed by atoms with E-state index in [-0.39, 0.29) is 18.5 Å². The Morgan fingerprint density at radius 2 is 2.25 bits per heavy atom. The van der Waals surface area contributed by atoms with E-state index in [1.54, 1.807) is 24.1 Å². The smallest absolute Gasteiger partial charge is 0.308 e. The van der Waals surface area contributed by atoms with Gasteiger partial charge in [0.2, 0.25) is 5.91 Å². The van der Waals surface area contributed by atoms with Crippen LogP contribution in [0.15, 0.2) is 30.5 Å². The van der Waals surface area contributed by atoms with Crippen molar-refractivity contribution in [3.05, 3.63) is 36.2 Å². The lowest BCUT2D eigenvalue weighted by Gasteiger charge is -2.22. The molecule has 0 bridgehead atoms. The first-order valence-corrected chi connectivity index (χ1v) is 6.70. The van der Waals surface area contributed by atoms with E-state index in [9.17, 15) is 9.59 Å². The standard InChI is InChI=1S/C15H18N2O3/c1-11(15(19)20)10-17(13-6-7-13)14(18)8-5-12-4-2-3-9-16-12/h2-5,8-9,11,13H,6-7,10H2,1H3,(H,19,20). The first kappa shape index (κ1) is 14.2. The third-order valence-electron chi connectivity index (χ3n) is 3.25. The minimum atomic E-state index is -0.878. The Morgan fingerprint density at radius 1 is 1.50 bits per heavy atom. The van der Waals surface area contributed by atoms with Gasteiger partial charge in [0.25, 0.3) is 0 Å². The molecule has 20 heavy (non-hydrogen) atoms. The van der Waals surface area contributed by atoms with Gasteiger partial charge in [0.05, 0.1) is 11.6 Å². The highest BCUT2D eigenvalue weighted by Gasteiger charge is 2.33. The Kier molecular flexibility index (Phi) is 4.50. The number of carbonyl (C=O) groups excluding carboxylic acids is 1. The molecule has 1 heterocycles. The molecule has 1 amide bonds. The number of carboxylic acid groups (broad SMARTS) is 1. The highest BCUT2D eigenvalue weighted by molar-refractivity contribution is 5.92. The zero-order valence-electron chi connectivity index (χ0n) is 11.4. The van der Waals surface area contributed by atoms with Gasteiger partial charge in [0, 0.05) is 24.9 Å². The molecular formula is C15H18N2O3. The first-order valence-electron chi connectivity index (χ1n) is 6.70. The molecule has 1 atom stereocenters. The summed E-state index contributed by atoms with van der Waals surface area (Å²) in [4.78, 5) is 28.8. The Bertz CT molecular complexity index is 509. The number of nitrogens with zero attached hydrogens (tertiary/aromatic N) is 2. The summed E-state index contributed by atoms with van der Waals surface area (Å²) in [6.45, 7) is 1.87. The number of hydrogen-bond donors (Lipinski definition) is 1.